The Hall–Kier alpha value is -2.67. The second kappa shape index (κ2) is 6.21. The van der Waals surface area contributed by atoms with E-state index < -0.39 is 0 Å². The van der Waals surface area contributed by atoms with Gasteiger partial charge >= 0.3 is 4.87 Å². The summed E-state index contributed by atoms with van der Waals surface area (Å²) in [5, 5.41) is 8.11. The molecule has 3 rings (SSSR count). The fourth-order valence-corrected chi connectivity index (χ4v) is 3.06. The Kier molecular flexibility index (Phi) is 4.12. The normalized spacial score (nSPS) is 10.7. The summed E-state index contributed by atoms with van der Waals surface area (Å²) in [4.78, 5) is 24.1. The number of carbonyl (C=O) groups excluding carboxylic acids is 1. The fraction of sp³-hybridized carbons (Fsp3) is 0.188. The maximum Gasteiger partial charge on any atom is 0.308 e. The van der Waals surface area contributed by atoms with Crippen molar-refractivity contribution in [2.75, 3.05) is 5.32 Å². The number of hydrogen-bond donors (Lipinski definition) is 1. The molecule has 0 atom stereocenters. The van der Waals surface area contributed by atoms with Crippen LogP contribution in [-0.2, 0) is 11.3 Å². The molecule has 0 spiro atoms. The van der Waals surface area contributed by atoms with Gasteiger partial charge in [0.2, 0.25) is 5.91 Å². The van der Waals surface area contributed by atoms with Gasteiger partial charge in [-0.1, -0.05) is 40.8 Å². The number of aryl methyl sites for hydroxylation is 2. The largest absolute Gasteiger partial charge is 0.360 e. The van der Waals surface area contributed by atoms with Gasteiger partial charge in [0.1, 0.15) is 12.3 Å². The third-order valence-corrected chi connectivity index (χ3v) is 4.16. The molecule has 23 heavy (non-hydrogen) atoms. The number of thiazole rings is 1. The number of amides is 1. The molecule has 6 nitrogen and oxygen atoms in total. The van der Waals surface area contributed by atoms with Crippen molar-refractivity contribution in [3.8, 4) is 11.3 Å². The van der Waals surface area contributed by atoms with E-state index in [-0.39, 0.29) is 17.3 Å². The summed E-state index contributed by atoms with van der Waals surface area (Å²) < 4.78 is 6.37. The summed E-state index contributed by atoms with van der Waals surface area (Å²) in [6, 6.07) is 9.38. The molecule has 0 radical (unpaired) electrons. The minimum atomic E-state index is -0.325. The van der Waals surface area contributed by atoms with Gasteiger partial charge in [-0.25, -0.2) is 0 Å². The maximum absolute atomic E-state index is 12.2. The summed E-state index contributed by atoms with van der Waals surface area (Å²) in [7, 11) is 0. The summed E-state index contributed by atoms with van der Waals surface area (Å²) in [5.41, 5.74) is 2.73. The predicted octanol–water partition coefficient (Wildman–Crippen LogP) is 2.82. The van der Waals surface area contributed by atoms with E-state index in [4.69, 9.17) is 4.52 Å². The standard InChI is InChI=1S/C16H15N3O3S/c1-10-5-3-4-6-12(10)13-9-23-16(21)19(13)8-15(20)17-14-7-11(2)22-18-14/h3-7,9H,8H2,1-2H3,(H,17,18,20). The van der Waals surface area contributed by atoms with Gasteiger partial charge in [0.25, 0.3) is 0 Å². The van der Waals surface area contributed by atoms with Gasteiger partial charge < -0.3 is 9.84 Å². The molecule has 0 unspecified atom stereocenters. The first kappa shape index (κ1) is 15.2. The number of benzene rings is 1. The highest BCUT2D eigenvalue weighted by Gasteiger charge is 2.14. The molecule has 0 fully saturated rings. The maximum atomic E-state index is 12.2. The van der Waals surface area contributed by atoms with E-state index in [1.807, 2.05) is 31.2 Å². The van der Waals surface area contributed by atoms with E-state index in [0.717, 1.165) is 28.2 Å². The monoisotopic (exact) mass is 329 g/mol. The molecular formula is C16H15N3O3S. The predicted molar refractivity (Wildman–Crippen MR) is 88.6 cm³/mol. The van der Waals surface area contributed by atoms with Gasteiger partial charge in [-0.05, 0) is 19.4 Å². The quantitative estimate of drug-likeness (QED) is 0.798. The van der Waals surface area contributed by atoms with Crippen LogP contribution in [0, 0.1) is 13.8 Å². The van der Waals surface area contributed by atoms with Crippen LogP contribution in [0.25, 0.3) is 11.3 Å². The zero-order valence-electron chi connectivity index (χ0n) is 12.7. The van der Waals surface area contributed by atoms with Crippen LogP contribution in [0.1, 0.15) is 11.3 Å². The molecule has 0 saturated heterocycles. The molecule has 7 heteroatoms. The Labute approximate surface area is 136 Å². The highest BCUT2D eigenvalue weighted by atomic mass is 32.1. The van der Waals surface area contributed by atoms with Crippen LogP contribution in [0.5, 0.6) is 0 Å². The van der Waals surface area contributed by atoms with Crippen LogP contribution in [0.3, 0.4) is 0 Å². The van der Waals surface area contributed by atoms with Gasteiger partial charge in [-0.2, -0.15) is 0 Å². The van der Waals surface area contributed by atoms with E-state index in [9.17, 15) is 9.59 Å². The molecule has 0 bridgehead atoms. The van der Waals surface area contributed by atoms with Gasteiger partial charge in [0, 0.05) is 17.0 Å². The molecule has 0 aliphatic heterocycles. The van der Waals surface area contributed by atoms with Crippen molar-refractivity contribution >= 4 is 23.1 Å². The minimum Gasteiger partial charge on any atom is -0.360 e. The fourth-order valence-electron chi connectivity index (χ4n) is 2.30. The van der Waals surface area contributed by atoms with Crippen LogP contribution >= 0.6 is 11.3 Å². The van der Waals surface area contributed by atoms with E-state index in [2.05, 4.69) is 10.5 Å². The lowest BCUT2D eigenvalue weighted by molar-refractivity contribution is -0.116. The number of hydrogen-bond acceptors (Lipinski definition) is 5. The molecule has 3 aromatic rings. The van der Waals surface area contributed by atoms with Crippen LogP contribution in [0.2, 0.25) is 0 Å². The Balaban J connectivity index is 1.86. The van der Waals surface area contributed by atoms with Gasteiger partial charge in [0.15, 0.2) is 5.82 Å². The number of nitrogens with zero attached hydrogens (tertiary/aromatic N) is 2. The Morgan fingerprint density at radius 1 is 1.35 bits per heavy atom. The molecule has 0 aliphatic rings. The summed E-state index contributed by atoms with van der Waals surface area (Å²) >= 11 is 1.08. The highest BCUT2D eigenvalue weighted by molar-refractivity contribution is 7.07. The van der Waals surface area contributed by atoms with Crippen molar-refractivity contribution < 1.29 is 9.32 Å². The van der Waals surface area contributed by atoms with Crippen LogP contribution in [-0.4, -0.2) is 15.6 Å². The van der Waals surface area contributed by atoms with Crippen molar-refractivity contribution in [1.82, 2.24) is 9.72 Å². The van der Waals surface area contributed by atoms with Crippen molar-refractivity contribution in [1.29, 1.82) is 0 Å². The van der Waals surface area contributed by atoms with Crippen LogP contribution in [0.4, 0.5) is 5.82 Å². The molecule has 1 N–H and O–H groups in total. The Bertz CT molecular complexity index is 907. The number of anilines is 1. The van der Waals surface area contributed by atoms with E-state index >= 15 is 0 Å². The molecular weight excluding hydrogens is 314 g/mol. The second-order valence-corrected chi connectivity index (χ2v) is 5.98. The molecule has 2 heterocycles. The molecule has 1 aromatic carbocycles. The lowest BCUT2D eigenvalue weighted by Gasteiger charge is -2.09. The van der Waals surface area contributed by atoms with E-state index in [0.29, 0.717) is 11.6 Å². The molecule has 1 amide bonds. The van der Waals surface area contributed by atoms with Crippen molar-refractivity contribution in [2.24, 2.45) is 0 Å². The van der Waals surface area contributed by atoms with Crippen molar-refractivity contribution in [3.63, 3.8) is 0 Å². The number of nitrogens with one attached hydrogen (secondary N) is 1. The van der Waals surface area contributed by atoms with Crippen molar-refractivity contribution in [2.45, 2.75) is 20.4 Å². The van der Waals surface area contributed by atoms with Crippen molar-refractivity contribution in [3.05, 3.63) is 56.7 Å². The lowest BCUT2D eigenvalue weighted by Crippen LogP contribution is -2.25. The number of aromatic nitrogens is 2. The van der Waals surface area contributed by atoms with Crippen LogP contribution < -0.4 is 10.2 Å². The van der Waals surface area contributed by atoms with Crippen LogP contribution in [0.15, 0.2) is 45.0 Å². The van der Waals surface area contributed by atoms with Gasteiger partial charge in [-0.15, -0.1) is 0 Å². The average molecular weight is 329 g/mol. The van der Waals surface area contributed by atoms with Gasteiger partial charge in [-0.3, -0.25) is 14.2 Å². The Morgan fingerprint density at radius 3 is 2.83 bits per heavy atom. The molecule has 118 valence electrons. The zero-order valence-corrected chi connectivity index (χ0v) is 13.5. The van der Waals surface area contributed by atoms with E-state index in [1.54, 1.807) is 18.4 Å². The Morgan fingerprint density at radius 2 is 2.13 bits per heavy atom. The molecule has 0 aliphatic carbocycles. The number of carbonyl (C=O) groups is 1. The SMILES string of the molecule is Cc1cc(NC(=O)Cn2c(-c3ccccc3C)csc2=O)no1. The minimum absolute atomic E-state index is 0.0715. The summed E-state index contributed by atoms with van der Waals surface area (Å²) in [5.74, 6) is 0.621. The third-order valence-electron chi connectivity index (χ3n) is 3.40. The zero-order chi connectivity index (χ0) is 16.4. The number of rotatable bonds is 4. The summed E-state index contributed by atoms with van der Waals surface area (Å²) in [6.45, 7) is 3.64. The lowest BCUT2D eigenvalue weighted by atomic mass is 10.1. The molecule has 2 aromatic heterocycles. The highest BCUT2D eigenvalue weighted by Crippen LogP contribution is 2.23. The molecule has 0 saturated carbocycles. The second-order valence-electron chi connectivity index (χ2n) is 5.16. The average Bonchev–Trinajstić information content (AvgIpc) is 3.07. The smallest absolute Gasteiger partial charge is 0.308 e. The summed E-state index contributed by atoms with van der Waals surface area (Å²) in [6.07, 6.45) is 0. The topological polar surface area (TPSA) is 77.1 Å². The first-order chi connectivity index (χ1) is 11.0. The first-order valence-electron chi connectivity index (χ1n) is 7.02. The first-order valence-corrected chi connectivity index (χ1v) is 7.90. The van der Waals surface area contributed by atoms with Gasteiger partial charge in [0.05, 0.1) is 5.69 Å². The van der Waals surface area contributed by atoms with E-state index in [1.165, 1.54) is 4.57 Å². The third kappa shape index (κ3) is 3.24.